The molecule has 0 bridgehead atoms. The molecule has 1 aromatic rings. The molecule has 7 heteroatoms. The van der Waals surface area contributed by atoms with Crippen molar-refractivity contribution in [2.75, 3.05) is 5.75 Å². The second-order valence-electron chi connectivity index (χ2n) is 3.98. The molecule has 0 saturated heterocycles. The summed E-state index contributed by atoms with van der Waals surface area (Å²) in [6, 6.07) is 6.46. The van der Waals surface area contributed by atoms with Crippen molar-refractivity contribution in [2.24, 2.45) is 0 Å². The van der Waals surface area contributed by atoms with Gasteiger partial charge >= 0.3 is 0 Å². The number of rotatable bonds is 7. The molecule has 0 aromatic heterocycles. The molecule has 0 aliphatic carbocycles. The Labute approximate surface area is 110 Å². The molecule has 0 unspecified atom stereocenters. The molecule has 1 rings (SSSR count). The Balaban J connectivity index is 2.36. The molecule has 1 aromatic carbocycles. The topological polar surface area (TPSA) is 77.3 Å². The molecule has 5 nitrogen and oxygen atoms in total. The van der Waals surface area contributed by atoms with Gasteiger partial charge in [0.1, 0.15) is 0 Å². The largest absolute Gasteiger partial charge is 0.269 e. The first kappa shape index (κ1) is 14.9. The lowest BCUT2D eigenvalue weighted by Crippen LogP contribution is -1.97. The average Bonchev–Trinajstić information content (AvgIpc) is 2.27. The standard InChI is InChI=1S/C11H14ClNO4S/c12-18(16,17)8-3-1-2-5-10-6-4-7-11(9-10)13(14)15/h4,6-7,9H,1-3,5,8H2. The van der Waals surface area contributed by atoms with Crippen LogP contribution in [0.15, 0.2) is 24.3 Å². The Morgan fingerprint density at radius 3 is 2.56 bits per heavy atom. The minimum atomic E-state index is -3.40. The molecule has 0 heterocycles. The van der Waals surface area contributed by atoms with Crippen LogP contribution in [0.3, 0.4) is 0 Å². The van der Waals surface area contributed by atoms with Crippen molar-refractivity contribution in [3.05, 3.63) is 39.9 Å². The third-order valence-electron chi connectivity index (χ3n) is 2.47. The maximum absolute atomic E-state index is 10.7. The zero-order chi connectivity index (χ0) is 13.6. The summed E-state index contributed by atoms with van der Waals surface area (Å²) in [5.41, 5.74) is 0.966. The molecule has 0 fully saturated rings. The molecular formula is C11H14ClNO4S. The highest BCUT2D eigenvalue weighted by molar-refractivity contribution is 8.13. The number of nitrogens with zero attached hydrogens (tertiary/aromatic N) is 1. The first-order valence-corrected chi connectivity index (χ1v) is 8.02. The normalized spacial score (nSPS) is 11.4. The summed E-state index contributed by atoms with van der Waals surface area (Å²) in [4.78, 5) is 10.1. The maximum atomic E-state index is 10.7. The summed E-state index contributed by atoms with van der Waals surface area (Å²) in [5, 5.41) is 10.6. The number of hydrogen-bond donors (Lipinski definition) is 0. The van der Waals surface area contributed by atoms with Crippen LogP contribution in [0.2, 0.25) is 0 Å². The van der Waals surface area contributed by atoms with Gasteiger partial charge in [-0.2, -0.15) is 0 Å². The molecule has 0 radical (unpaired) electrons. The predicted molar refractivity (Wildman–Crippen MR) is 70.3 cm³/mol. The van der Waals surface area contributed by atoms with Gasteiger partial charge in [0.25, 0.3) is 5.69 Å². The second-order valence-corrected chi connectivity index (χ2v) is 6.88. The highest BCUT2D eigenvalue weighted by atomic mass is 35.7. The van der Waals surface area contributed by atoms with E-state index in [9.17, 15) is 18.5 Å². The van der Waals surface area contributed by atoms with Gasteiger partial charge in [0.05, 0.1) is 10.7 Å². The Kier molecular flexibility index (Phi) is 5.55. The van der Waals surface area contributed by atoms with Crippen LogP contribution in [0.4, 0.5) is 5.69 Å². The van der Waals surface area contributed by atoms with Crippen LogP contribution in [0.1, 0.15) is 24.8 Å². The van der Waals surface area contributed by atoms with Crippen LogP contribution < -0.4 is 0 Å². The summed E-state index contributed by atoms with van der Waals surface area (Å²) < 4.78 is 21.3. The van der Waals surface area contributed by atoms with Gasteiger partial charge in [0.15, 0.2) is 0 Å². The summed E-state index contributed by atoms with van der Waals surface area (Å²) >= 11 is 0. The Bertz CT molecular complexity index is 516. The van der Waals surface area contributed by atoms with E-state index in [1.165, 1.54) is 12.1 Å². The third-order valence-corrected chi connectivity index (χ3v) is 3.71. The quantitative estimate of drug-likeness (QED) is 0.335. The van der Waals surface area contributed by atoms with Gasteiger partial charge in [0, 0.05) is 22.8 Å². The van der Waals surface area contributed by atoms with Crippen LogP contribution in [0.5, 0.6) is 0 Å². The van der Waals surface area contributed by atoms with Gasteiger partial charge in [-0.25, -0.2) is 8.42 Å². The number of aryl methyl sites for hydroxylation is 1. The minimum Gasteiger partial charge on any atom is -0.258 e. The molecule has 100 valence electrons. The number of unbranched alkanes of at least 4 members (excludes halogenated alkanes) is 2. The second kappa shape index (κ2) is 6.70. The van der Waals surface area contributed by atoms with E-state index < -0.39 is 14.0 Å². The third kappa shape index (κ3) is 5.97. The van der Waals surface area contributed by atoms with Crippen LogP contribution >= 0.6 is 10.7 Å². The molecule has 0 amide bonds. The molecule has 0 saturated carbocycles. The van der Waals surface area contributed by atoms with Crippen molar-refractivity contribution in [3.8, 4) is 0 Å². The molecule has 0 aliphatic heterocycles. The fourth-order valence-electron chi connectivity index (χ4n) is 1.61. The van der Waals surface area contributed by atoms with Crippen LogP contribution in [-0.2, 0) is 15.5 Å². The van der Waals surface area contributed by atoms with Crippen molar-refractivity contribution < 1.29 is 13.3 Å². The highest BCUT2D eigenvalue weighted by Crippen LogP contribution is 2.15. The van der Waals surface area contributed by atoms with Gasteiger partial charge in [-0.05, 0) is 24.8 Å². The molecule has 0 atom stereocenters. The van der Waals surface area contributed by atoms with Gasteiger partial charge in [-0.3, -0.25) is 10.1 Å². The Hall–Kier alpha value is -1.14. The number of nitro groups is 1. The number of benzene rings is 1. The van der Waals surface area contributed by atoms with Crippen LogP contribution in [-0.4, -0.2) is 19.1 Å². The average molecular weight is 292 g/mol. The molecule has 0 N–H and O–H groups in total. The van der Waals surface area contributed by atoms with Crippen molar-refractivity contribution in [2.45, 2.75) is 25.7 Å². The highest BCUT2D eigenvalue weighted by Gasteiger charge is 2.06. The minimum absolute atomic E-state index is 0.0243. The zero-order valence-electron chi connectivity index (χ0n) is 9.71. The number of hydrogen-bond acceptors (Lipinski definition) is 4. The van der Waals surface area contributed by atoms with E-state index in [2.05, 4.69) is 0 Å². The van der Waals surface area contributed by atoms with Gasteiger partial charge in [-0.1, -0.05) is 18.6 Å². The van der Waals surface area contributed by atoms with E-state index >= 15 is 0 Å². The summed E-state index contributed by atoms with van der Waals surface area (Å²) in [6.07, 6.45) is 2.73. The Morgan fingerprint density at radius 1 is 1.22 bits per heavy atom. The monoisotopic (exact) mass is 291 g/mol. The first-order chi connectivity index (χ1) is 8.38. The zero-order valence-corrected chi connectivity index (χ0v) is 11.3. The van der Waals surface area contributed by atoms with E-state index in [4.69, 9.17) is 10.7 Å². The fraction of sp³-hybridized carbons (Fsp3) is 0.455. The lowest BCUT2D eigenvalue weighted by atomic mass is 10.1. The molecule has 0 spiro atoms. The van der Waals surface area contributed by atoms with Crippen molar-refractivity contribution >= 4 is 25.4 Å². The SMILES string of the molecule is O=[N+]([O-])c1cccc(CCCCCS(=O)(=O)Cl)c1. The lowest BCUT2D eigenvalue weighted by Gasteiger charge is -2.01. The number of nitro benzene ring substituents is 1. The van der Waals surface area contributed by atoms with Crippen molar-refractivity contribution in [3.63, 3.8) is 0 Å². The van der Waals surface area contributed by atoms with Gasteiger partial charge < -0.3 is 0 Å². The fourth-order valence-corrected chi connectivity index (χ4v) is 2.48. The van der Waals surface area contributed by atoms with E-state index in [1.807, 2.05) is 6.07 Å². The summed E-state index contributed by atoms with van der Waals surface area (Å²) in [5.74, 6) is -0.0243. The molecular weight excluding hydrogens is 278 g/mol. The Morgan fingerprint density at radius 2 is 1.94 bits per heavy atom. The van der Waals surface area contributed by atoms with E-state index in [0.717, 1.165) is 18.4 Å². The smallest absolute Gasteiger partial charge is 0.258 e. The van der Waals surface area contributed by atoms with Gasteiger partial charge in [0.2, 0.25) is 9.05 Å². The maximum Gasteiger partial charge on any atom is 0.269 e. The van der Waals surface area contributed by atoms with Crippen molar-refractivity contribution in [1.82, 2.24) is 0 Å². The summed E-state index contributed by atoms with van der Waals surface area (Å²) in [7, 11) is 1.68. The first-order valence-electron chi connectivity index (χ1n) is 5.54. The van der Waals surface area contributed by atoms with E-state index in [0.29, 0.717) is 12.8 Å². The number of halogens is 1. The van der Waals surface area contributed by atoms with Crippen LogP contribution in [0.25, 0.3) is 0 Å². The predicted octanol–water partition coefficient (Wildman–Crippen LogP) is 2.88. The summed E-state index contributed by atoms with van der Waals surface area (Å²) in [6.45, 7) is 0. The van der Waals surface area contributed by atoms with Gasteiger partial charge in [-0.15, -0.1) is 0 Å². The lowest BCUT2D eigenvalue weighted by molar-refractivity contribution is -0.384. The molecule has 18 heavy (non-hydrogen) atoms. The van der Waals surface area contributed by atoms with Crippen molar-refractivity contribution in [1.29, 1.82) is 0 Å². The van der Waals surface area contributed by atoms with E-state index in [-0.39, 0.29) is 11.4 Å². The van der Waals surface area contributed by atoms with Crippen LogP contribution in [0, 0.1) is 10.1 Å². The van der Waals surface area contributed by atoms with E-state index in [1.54, 1.807) is 6.07 Å². The number of non-ortho nitro benzene ring substituents is 1. The molecule has 0 aliphatic rings.